The number of nitrogens with one attached hydrogen (secondary N) is 1. The third-order valence-electron chi connectivity index (χ3n) is 5.16. The van der Waals surface area contributed by atoms with Gasteiger partial charge < -0.3 is 19.2 Å². The van der Waals surface area contributed by atoms with E-state index in [0.717, 1.165) is 10.9 Å². The van der Waals surface area contributed by atoms with Crippen molar-refractivity contribution in [1.29, 1.82) is 0 Å². The number of aryl methyl sites for hydroxylation is 1. The van der Waals surface area contributed by atoms with Gasteiger partial charge in [-0.1, -0.05) is 0 Å². The highest BCUT2D eigenvalue weighted by Gasteiger charge is 2.21. The largest absolute Gasteiger partial charge is 0.497 e. The van der Waals surface area contributed by atoms with Gasteiger partial charge in [0.2, 0.25) is 0 Å². The van der Waals surface area contributed by atoms with Gasteiger partial charge in [0, 0.05) is 35.5 Å². The second kappa shape index (κ2) is 9.67. The predicted octanol–water partition coefficient (Wildman–Crippen LogP) is 3.39. The van der Waals surface area contributed by atoms with E-state index >= 15 is 0 Å². The Kier molecular flexibility index (Phi) is 6.97. The van der Waals surface area contributed by atoms with Gasteiger partial charge in [-0.3, -0.25) is 9.59 Å². The van der Waals surface area contributed by atoms with Crippen LogP contribution in [0.5, 0.6) is 5.75 Å². The zero-order valence-corrected chi connectivity index (χ0v) is 18.8. The van der Waals surface area contributed by atoms with E-state index in [2.05, 4.69) is 10.4 Å². The van der Waals surface area contributed by atoms with Crippen LogP contribution in [0, 0.1) is 6.92 Å². The van der Waals surface area contributed by atoms with E-state index in [1.54, 1.807) is 36.0 Å². The summed E-state index contributed by atoms with van der Waals surface area (Å²) in [5.74, 6) is 0.0590. The summed E-state index contributed by atoms with van der Waals surface area (Å²) in [6, 6.07) is 6.97. The molecule has 1 unspecified atom stereocenters. The minimum Gasteiger partial charge on any atom is -0.497 e. The lowest BCUT2D eigenvalue weighted by Gasteiger charge is -2.16. The van der Waals surface area contributed by atoms with Crippen molar-refractivity contribution in [1.82, 2.24) is 9.78 Å². The molecule has 9 heteroatoms. The summed E-state index contributed by atoms with van der Waals surface area (Å²) in [6.07, 6.45) is 0.664. The van der Waals surface area contributed by atoms with Gasteiger partial charge in [-0.15, -0.1) is 0 Å². The molecule has 170 valence electrons. The van der Waals surface area contributed by atoms with Crippen LogP contribution < -0.4 is 15.7 Å². The fourth-order valence-electron chi connectivity index (χ4n) is 3.38. The molecule has 0 aliphatic carbocycles. The van der Waals surface area contributed by atoms with E-state index < -0.39 is 23.6 Å². The van der Waals surface area contributed by atoms with E-state index in [9.17, 15) is 14.4 Å². The number of methoxy groups -OCH3 is 1. The average molecular weight is 441 g/mol. The molecule has 2 heterocycles. The number of benzene rings is 1. The zero-order valence-electron chi connectivity index (χ0n) is 18.8. The fraction of sp³-hybridized carbons (Fsp3) is 0.391. The molecular weight excluding hydrogens is 414 g/mol. The summed E-state index contributed by atoms with van der Waals surface area (Å²) in [7, 11) is 1.53. The van der Waals surface area contributed by atoms with Crippen molar-refractivity contribution in [2.24, 2.45) is 0 Å². The zero-order chi connectivity index (χ0) is 23.4. The molecule has 3 aromatic rings. The van der Waals surface area contributed by atoms with Gasteiger partial charge in [0.1, 0.15) is 17.2 Å². The highest BCUT2D eigenvalue weighted by Crippen LogP contribution is 2.24. The Hall–Kier alpha value is -3.62. The number of amides is 1. The molecule has 1 aromatic carbocycles. The van der Waals surface area contributed by atoms with Crippen molar-refractivity contribution in [3.05, 3.63) is 52.0 Å². The summed E-state index contributed by atoms with van der Waals surface area (Å²) in [4.78, 5) is 37.1. The van der Waals surface area contributed by atoms with Crippen molar-refractivity contribution in [2.45, 2.75) is 52.7 Å². The number of carbonyl (C=O) groups excluding carboxylic acids is 2. The van der Waals surface area contributed by atoms with Crippen LogP contribution in [0.15, 0.2) is 39.7 Å². The van der Waals surface area contributed by atoms with Crippen molar-refractivity contribution in [2.75, 3.05) is 12.4 Å². The summed E-state index contributed by atoms with van der Waals surface area (Å²) in [5.41, 5.74) is 1.05. The van der Waals surface area contributed by atoms with Gasteiger partial charge in [0.15, 0.2) is 6.10 Å². The van der Waals surface area contributed by atoms with Gasteiger partial charge in [-0.05, 0) is 51.8 Å². The maximum absolute atomic E-state index is 12.4. The molecule has 0 aliphatic rings. The number of hydrogen-bond donors (Lipinski definition) is 1. The van der Waals surface area contributed by atoms with Gasteiger partial charge in [0.25, 0.3) is 5.91 Å². The van der Waals surface area contributed by atoms with Gasteiger partial charge in [-0.25, -0.2) is 9.48 Å². The lowest BCUT2D eigenvalue weighted by molar-refractivity contribution is -0.153. The molecule has 9 nitrogen and oxygen atoms in total. The summed E-state index contributed by atoms with van der Waals surface area (Å²) in [5, 5.41) is 7.62. The Morgan fingerprint density at radius 2 is 1.97 bits per heavy atom. The number of aromatic nitrogens is 2. The van der Waals surface area contributed by atoms with Crippen LogP contribution >= 0.6 is 0 Å². The number of ether oxygens (including phenoxy) is 2. The van der Waals surface area contributed by atoms with Crippen LogP contribution in [0.4, 0.5) is 5.82 Å². The normalized spacial score (nSPS) is 12.1. The number of carbonyl (C=O) groups is 2. The van der Waals surface area contributed by atoms with Gasteiger partial charge >= 0.3 is 11.6 Å². The highest BCUT2D eigenvalue weighted by atomic mass is 16.5. The Labute approximate surface area is 185 Å². The van der Waals surface area contributed by atoms with Crippen LogP contribution in [0.3, 0.4) is 0 Å². The topological polar surface area (TPSA) is 113 Å². The maximum atomic E-state index is 12.4. The van der Waals surface area contributed by atoms with Crippen LogP contribution in [0.2, 0.25) is 0 Å². The molecular formula is C23H27N3O6. The lowest BCUT2D eigenvalue weighted by atomic mass is 10.0. The number of nitrogens with zero attached hydrogens (tertiary/aromatic N) is 2. The van der Waals surface area contributed by atoms with Crippen molar-refractivity contribution in [3.63, 3.8) is 0 Å². The Morgan fingerprint density at radius 3 is 2.66 bits per heavy atom. The number of esters is 1. The highest BCUT2D eigenvalue weighted by molar-refractivity contribution is 5.94. The number of fused-ring (bicyclic) bond motifs is 1. The molecule has 0 aliphatic heterocycles. The average Bonchev–Trinajstić information content (AvgIpc) is 3.21. The molecule has 0 saturated heterocycles. The first kappa shape index (κ1) is 23.1. The van der Waals surface area contributed by atoms with E-state index in [1.807, 2.05) is 19.9 Å². The van der Waals surface area contributed by atoms with Crippen LogP contribution in [-0.4, -0.2) is 34.9 Å². The van der Waals surface area contributed by atoms with Crippen molar-refractivity contribution >= 4 is 28.7 Å². The molecule has 0 spiro atoms. The Morgan fingerprint density at radius 1 is 1.22 bits per heavy atom. The standard InChI is InChI=1S/C23H27N3O6/c1-13(2)26-20(10-11-24-26)25-22(28)15(4)31-21(27)9-8-18-14(3)17-7-6-16(30-5)12-19(17)32-23(18)29/h6-7,10-13,15H,8-9H2,1-5H3,(H,25,28). The Balaban J connectivity index is 1.63. The van der Waals surface area contributed by atoms with E-state index in [4.69, 9.17) is 13.9 Å². The second-order valence-corrected chi connectivity index (χ2v) is 7.73. The molecule has 1 atom stereocenters. The molecule has 0 radical (unpaired) electrons. The maximum Gasteiger partial charge on any atom is 0.339 e. The summed E-state index contributed by atoms with van der Waals surface area (Å²) >= 11 is 0. The molecule has 32 heavy (non-hydrogen) atoms. The number of anilines is 1. The molecule has 2 aromatic heterocycles. The molecule has 0 saturated carbocycles. The summed E-state index contributed by atoms with van der Waals surface area (Å²) < 4.78 is 17.5. The first-order valence-corrected chi connectivity index (χ1v) is 10.4. The fourth-order valence-corrected chi connectivity index (χ4v) is 3.38. The molecule has 1 amide bonds. The van der Waals surface area contributed by atoms with Gasteiger partial charge in [0.05, 0.1) is 13.3 Å². The van der Waals surface area contributed by atoms with Crippen molar-refractivity contribution in [3.8, 4) is 5.75 Å². The number of hydrogen-bond acceptors (Lipinski definition) is 7. The van der Waals surface area contributed by atoms with E-state index in [0.29, 0.717) is 22.7 Å². The van der Waals surface area contributed by atoms with Crippen molar-refractivity contribution < 1.29 is 23.5 Å². The van der Waals surface area contributed by atoms with Gasteiger partial charge in [-0.2, -0.15) is 5.10 Å². The molecule has 0 fully saturated rings. The van der Waals surface area contributed by atoms with E-state index in [1.165, 1.54) is 14.0 Å². The molecule has 0 bridgehead atoms. The third kappa shape index (κ3) is 4.99. The lowest BCUT2D eigenvalue weighted by Crippen LogP contribution is -2.31. The molecule has 3 rings (SSSR count). The van der Waals surface area contributed by atoms with Crippen LogP contribution in [-0.2, 0) is 20.7 Å². The first-order chi connectivity index (χ1) is 15.2. The van der Waals surface area contributed by atoms with Crippen LogP contribution in [0.1, 0.15) is 44.4 Å². The molecule has 1 N–H and O–H groups in total. The minimum atomic E-state index is -1.00. The first-order valence-electron chi connectivity index (χ1n) is 10.4. The smallest absolute Gasteiger partial charge is 0.339 e. The van der Waals surface area contributed by atoms with Crippen LogP contribution in [0.25, 0.3) is 11.0 Å². The minimum absolute atomic E-state index is 0.0607. The third-order valence-corrected chi connectivity index (χ3v) is 5.16. The monoisotopic (exact) mass is 441 g/mol. The van der Waals surface area contributed by atoms with E-state index in [-0.39, 0.29) is 18.9 Å². The Bertz CT molecular complexity index is 1190. The quantitative estimate of drug-likeness (QED) is 0.421. The summed E-state index contributed by atoms with van der Waals surface area (Å²) in [6.45, 7) is 7.18. The number of rotatable bonds is 8. The SMILES string of the molecule is COc1ccc2c(C)c(CCC(=O)OC(C)C(=O)Nc3ccnn3C(C)C)c(=O)oc2c1. The second-order valence-electron chi connectivity index (χ2n) is 7.73. The predicted molar refractivity (Wildman–Crippen MR) is 119 cm³/mol.